The van der Waals surface area contributed by atoms with Crippen molar-refractivity contribution in [3.8, 4) is 0 Å². The van der Waals surface area contributed by atoms with Crippen LogP contribution in [0.4, 0.5) is 0 Å². The summed E-state index contributed by atoms with van der Waals surface area (Å²) in [5.74, 6) is 0.719. The molecule has 0 bridgehead atoms. The number of alkyl halides is 1. The van der Waals surface area contributed by atoms with Crippen molar-refractivity contribution in [1.82, 2.24) is 0 Å². The molecule has 4 heteroatoms. The van der Waals surface area contributed by atoms with E-state index in [0.29, 0.717) is 0 Å². The van der Waals surface area contributed by atoms with Crippen LogP contribution >= 0.6 is 40.7 Å². The predicted octanol–water partition coefficient (Wildman–Crippen LogP) is 3.79. The van der Waals surface area contributed by atoms with Crippen LogP contribution < -0.4 is 0 Å². The number of halogens is 3. The second kappa shape index (κ2) is 6.42. The molecule has 0 radical (unpaired) electrons. The summed E-state index contributed by atoms with van der Waals surface area (Å²) in [6, 6.07) is 0. The van der Waals surface area contributed by atoms with Crippen LogP contribution in [0.25, 0.3) is 0 Å². The summed E-state index contributed by atoms with van der Waals surface area (Å²) >= 11 is 16.4. The molecule has 0 heterocycles. The van der Waals surface area contributed by atoms with E-state index >= 15 is 0 Å². The number of hydrogen-bond acceptors (Lipinski definition) is 0. The third-order valence-corrected chi connectivity index (χ3v) is 2.65. The van der Waals surface area contributed by atoms with Gasteiger partial charge in [0, 0.05) is 5.88 Å². The lowest BCUT2D eigenvalue weighted by molar-refractivity contribution is 0.902. The Hall–Kier alpha value is 1.30. The van der Waals surface area contributed by atoms with Gasteiger partial charge in [0.15, 0.2) is 0 Å². The molecule has 0 rings (SSSR count). The Balaban J connectivity index is 2.72. The quantitative estimate of drug-likeness (QED) is 0.362. The molecule has 0 spiro atoms. The molecule has 0 N–H and O–H groups in total. The fraction of sp³-hybridized carbons (Fsp3) is 1.00. The van der Waals surface area contributed by atoms with Crippen LogP contribution in [0.2, 0.25) is 0 Å². The summed E-state index contributed by atoms with van der Waals surface area (Å²) < 4.78 is 0. The summed E-state index contributed by atoms with van der Waals surface area (Å²) in [6.07, 6.45) is 3.01. The van der Waals surface area contributed by atoms with Gasteiger partial charge in [0.1, 0.15) is 0 Å². The van der Waals surface area contributed by atoms with Crippen molar-refractivity contribution < 1.29 is 0 Å². The Morgan fingerprint density at radius 1 is 1.12 bits per heavy atom. The van der Waals surface area contributed by atoms with Gasteiger partial charge in [-0.25, -0.2) is 0 Å². The van der Waals surface area contributed by atoms with E-state index in [2.05, 4.69) is 0 Å². The van der Waals surface area contributed by atoms with Gasteiger partial charge in [-0.1, -0.05) is 22.5 Å². The number of rotatable bonds is 4. The molecule has 0 saturated heterocycles. The standard InChI is InChI=1S/C4H8Cl3P/c5-3-1-2-4-8(6)7/h1-4H2. The maximum Gasteiger partial charge on any atom is 0.0854 e. The largest absolute Gasteiger partial charge is 0.127 e. The minimum absolute atomic E-state index is 0.719. The minimum atomic E-state index is -0.726. The number of unbranched alkanes of at least 4 members (excludes halogenated alkanes) is 1. The van der Waals surface area contributed by atoms with E-state index in [1.54, 1.807) is 0 Å². The Labute approximate surface area is 65.8 Å². The van der Waals surface area contributed by atoms with Gasteiger partial charge < -0.3 is 0 Å². The zero-order chi connectivity index (χ0) is 6.41. The molecule has 0 fully saturated rings. The molecule has 0 saturated carbocycles. The number of hydrogen-bond donors (Lipinski definition) is 0. The van der Waals surface area contributed by atoms with Crippen LogP contribution in [0.1, 0.15) is 12.8 Å². The molecule has 0 aliphatic rings. The van der Waals surface area contributed by atoms with Crippen LogP contribution in [0.5, 0.6) is 0 Å². The average Bonchev–Trinajstić information content (AvgIpc) is 1.66. The lowest BCUT2D eigenvalue weighted by Gasteiger charge is -1.95. The van der Waals surface area contributed by atoms with Crippen molar-refractivity contribution in [3.63, 3.8) is 0 Å². The molecule has 0 aliphatic heterocycles. The molecule has 0 atom stereocenters. The lowest BCUT2D eigenvalue weighted by Crippen LogP contribution is -1.77. The van der Waals surface area contributed by atoms with Gasteiger partial charge in [-0.05, 0) is 19.0 Å². The zero-order valence-corrected chi connectivity index (χ0v) is 7.57. The van der Waals surface area contributed by atoms with E-state index < -0.39 is 6.63 Å². The summed E-state index contributed by atoms with van der Waals surface area (Å²) in [5.41, 5.74) is 0. The van der Waals surface area contributed by atoms with Crippen molar-refractivity contribution in [1.29, 1.82) is 0 Å². The van der Waals surface area contributed by atoms with Crippen LogP contribution in [-0.2, 0) is 0 Å². The molecule has 0 amide bonds. The van der Waals surface area contributed by atoms with Crippen LogP contribution in [0.15, 0.2) is 0 Å². The molecule has 0 aromatic rings. The van der Waals surface area contributed by atoms with Gasteiger partial charge in [0.05, 0.1) is 6.63 Å². The average molecular weight is 193 g/mol. The van der Waals surface area contributed by atoms with Crippen molar-refractivity contribution in [2.45, 2.75) is 12.8 Å². The van der Waals surface area contributed by atoms with Crippen LogP contribution in [0, 0.1) is 0 Å². The smallest absolute Gasteiger partial charge is 0.0854 e. The Morgan fingerprint density at radius 3 is 2.12 bits per heavy atom. The Kier molecular flexibility index (Phi) is 7.46. The first-order valence-electron chi connectivity index (χ1n) is 2.42. The molecule has 50 valence electrons. The minimum Gasteiger partial charge on any atom is -0.127 e. The highest BCUT2D eigenvalue weighted by Gasteiger charge is 1.95. The third kappa shape index (κ3) is 7.30. The fourth-order valence-electron chi connectivity index (χ4n) is 0.326. The summed E-state index contributed by atoms with van der Waals surface area (Å²) in [4.78, 5) is 0. The molecule has 0 aromatic heterocycles. The van der Waals surface area contributed by atoms with Gasteiger partial charge in [-0.2, -0.15) is 0 Å². The monoisotopic (exact) mass is 192 g/mol. The van der Waals surface area contributed by atoms with Crippen molar-refractivity contribution in [2.75, 3.05) is 12.0 Å². The summed E-state index contributed by atoms with van der Waals surface area (Å²) in [6.45, 7) is -0.726. The van der Waals surface area contributed by atoms with Crippen LogP contribution in [0.3, 0.4) is 0 Å². The molecule has 0 nitrogen and oxygen atoms in total. The first-order chi connectivity index (χ1) is 3.77. The van der Waals surface area contributed by atoms with Crippen molar-refractivity contribution in [2.24, 2.45) is 0 Å². The molecule has 0 aliphatic carbocycles. The molecule has 0 unspecified atom stereocenters. The van der Waals surface area contributed by atoms with E-state index in [4.69, 9.17) is 34.1 Å². The normalized spacial score (nSPS) is 10.5. The first-order valence-corrected chi connectivity index (χ1v) is 6.29. The lowest BCUT2D eigenvalue weighted by atomic mass is 10.4. The molecule has 8 heavy (non-hydrogen) atoms. The molecule has 0 aromatic carbocycles. The van der Waals surface area contributed by atoms with Crippen LogP contribution in [-0.4, -0.2) is 12.0 Å². The van der Waals surface area contributed by atoms with Gasteiger partial charge in [0.2, 0.25) is 0 Å². The van der Waals surface area contributed by atoms with E-state index in [1.807, 2.05) is 0 Å². The highest BCUT2D eigenvalue weighted by molar-refractivity contribution is 8.03. The van der Waals surface area contributed by atoms with Crippen molar-refractivity contribution in [3.05, 3.63) is 0 Å². The SMILES string of the molecule is ClCCCCP(Cl)Cl. The molecular formula is C4H8Cl3P. The Morgan fingerprint density at radius 2 is 1.75 bits per heavy atom. The third-order valence-electron chi connectivity index (χ3n) is 0.711. The molecular weight excluding hydrogens is 185 g/mol. The highest BCUT2D eigenvalue weighted by Crippen LogP contribution is 2.47. The van der Waals surface area contributed by atoms with E-state index in [0.717, 1.165) is 24.9 Å². The predicted molar refractivity (Wildman–Crippen MR) is 43.4 cm³/mol. The van der Waals surface area contributed by atoms with E-state index in [9.17, 15) is 0 Å². The summed E-state index contributed by atoms with van der Waals surface area (Å²) in [5, 5.41) is 0. The van der Waals surface area contributed by atoms with Gasteiger partial charge in [0.25, 0.3) is 0 Å². The summed E-state index contributed by atoms with van der Waals surface area (Å²) in [7, 11) is 0. The Bertz CT molecular complexity index is 48.5. The van der Waals surface area contributed by atoms with Gasteiger partial charge in [-0.3, -0.25) is 0 Å². The van der Waals surface area contributed by atoms with Crippen molar-refractivity contribution >= 4 is 40.7 Å². The maximum absolute atomic E-state index is 5.50. The van der Waals surface area contributed by atoms with Gasteiger partial charge in [-0.15, -0.1) is 11.6 Å². The second-order valence-electron chi connectivity index (χ2n) is 1.42. The van der Waals surface area contributed by atoms with E-state index in [-0.39, 0.29) is 0 Å². The van der Waals surface area contributed by atoms with E-state index in [1.165, 1.54) is 0 Å². The topological polar surface area (TPSA) is 0 Å². The fourth-order valence-corrected chi connectivity index (χ4v) is 1.69. The first kappa shape index (κ1) is 9.30. The highest BCUT2D eigenvalue weighted by atomic mass is 35.9. The zero-order valence-electron chi connectivity index (χ0n) is 4.41. The maximum atomic E-state index is 5.50. The van der Waals surface area contributed by atoms with Gasteiger partial charge >= 0.3 is 0 Å². The second-order valence-corrected chi connectivity index (χ2v) is 5.82.